The number of carbonyl (C=O) groups is 2. The Labute approximate surface area is 105 Å². The average Bonchev–Trinajstić information content (AvgIpc) is 2.35. The van der Waals surface area contributed by atoms with E-state index < -0.39 is 5.82 Å². The van der Waals surface area contributed by atoms with Crippen molar-refractivity contribution in [2.24, 2.45) is 0 Å². The van der Waals surface area contributed by atoms with E-state index in [4.69, 9.17) is 4.74 Å². The number of rotatable bonds is 6. The molecule has 0 aliphatic heterocycles. The van der Waals surface area contributed by atoms with Gasteiger partial charge in [-0.1, -0.05) is 0 Å². The van der Waals surface area contributed by atoms with Gasteiger partial charge in [-0.05, 0) is 24.6 Å². The lowest BCUT2D eigenvalue weighted by Gasteiger charge is -2.10. The second kappa shape index (κ2) is 6.74. The molecule has 1 amide bonds. The number of benzene rings is 1. The fraction of sp³-hybridized carbons (Fsp3) is 0.385. The Morgan fingerprint density at radius 1 is 1.44 bits per heavy atom. The number of ether oxygens (including phenoxy) is 1. The van der Waals surface area contributed by atoms with Crippen molar-refractivity contribution in [3.63, 3.8) is 0 Å². The SMILES string of the molecule is CN(C)C(=O)CCCOc1ccc(C=O)cc1F. The van der Waals surface area contributed by atoms with Gasteiger partial charge >= 0.3 is 0 Å². The number of hydrogen-bond donors (Lipinski definition) is 0. The summed E-state index contributed by atoms with van der Waals surface area (Å²) >= 11 is 0. The molecule has 1 aromatic carbocycles. The molecule has 0 aromatic heterocycles. The maximum absolute atomic E-state index is 13.4. The Hall–Kier alpha value is -1.91. The quantitative estimate of drug-likeness (QED) is 0.574. The first-order valence-corrected chi connectivity index (χ1v) is 5.62. The summed E-state index contributed by atoms with van der Waals surface area (Å²) in [5, 5.41) is 0. The van der Waals surface area contributed by atoms with Crippen LogP contribution in [0.1, 0.15) is 23.2 Å². The van der Waals surface area contributed by atoms with Crippen LogP contribution in [-0.4, -0.2) is 37.8 Å². The van der Waals surface area contributed by atoms with Gasteiger partial charge in [-0.2, -0.15) is 0 Å². The lowest BCUT2D eigenvalue weighted by molar-refractivity contribution is -0.128. The van der Waals surface area contributed by atoms with E-state index in [1.54, 1.807) is 14.1 Å². The minimum Gasteiger partial charge on any atom is -0.491 e. The molecule has 0 atom stereocenters. The van der Waals surface area contributed by atoms with E-state index in [0.29, 0.717) is 19.1 Å². The zero-order valence-electron chi connectivity index (χ0n) is 10.5. The van der Waals surface area contributed by atoms with Gasteiger partial charge in [0.1, 0.15) is 6.29 Å². The first kappa shape index (κ1) is 14.2. The Balaban J connectivity index is 2.40. The smallest absolute Gasteiger partial charge is 0.222 e. The molecule has 0 aliphatic carbocycles. The van der Waals surface area contributed by atoms with Crippen LogP contribution in [0, 0.1) is 5.82 Å². The zero-order valence-corrected chi connectivity index (χ0v) is 10.5. The summed E-state index contributed by atoms with van der Waals surface area (Å²) in [6.45, 7) is 0.261. The molecule has 0 saturated carbocycles. The van der Waals surface area contributed by atoms with Crippen molar-refractivity contribution in [3.05, 3.63) is 29.6 Å². The molecular weight excluding hydrogens is 237 g/mol. The van der Waals surface area contributed by atoms with Gasteiger partial charge < -0.3 is 9.64 Å². The fourth-order valence-corrected chi connectivity index (χ4v) is 1.34. The minimum atomic E-state index is -0.571. The average molecular weight is 253 g/mol. The second-order valence-corrected chi connectivity index (χ2v) is 4.05. The van der Waals surface area contributed by atoms with Gasteiger partial charge in [0, 0.05) is 26.1 Å². The van der Waals surface area contributed by atoms with Gasteiger partial charge in [0.2, 0.25) is 5.91 Å². The largest absolute Gasteiger partial charge is 0.491 e. The molecule has 1 rings (SSSR count). The van der Waals surface area contributed by atoms with Crippen LogP contribution in [0.15, 0.2) is 18.2 Å². The summed E-state index contributed by atoms with van der Waals surface area (Å²) in [4.78, 5) is 23.2. The highest BCUT2D eigenvalue weighted by atomic mass is 19.1. The molecule has 0 unspecified atom stereocenters. The monoisotopic (exact) mass is 253 g/mol. The molecule has 98 valence electrons. The van der Waals surface area contributed by atoms with Gasteiger partial charge in [0.05, 0.1) is 6.61 Å². The summed E-state index contributed by atoms with van der Waals surface area (Å²) < 4.78 is 18.6. The molecule has 0 N–H and O–H groups in total. The Kier molecular flexibility index (Phi) is 5.30. The van der Waals surface area contributed by atoms with Crippen LogP contribution in [0.3, 0.4) is 0 Å². The summed E-state index contributed by atoms with van der Waals surface area (Å²) in [7, 11) is 3.36. The van der Waals surface area contributed by atoms with Crippen LogP contribution in [0.4, 0.5) is 4.39 Å². The topological polar surface area (TPSA) is 46.6 Å². The van der Waals surface area contributed by atoms with E-state index in [2.05, 4.69) is 0 Å². The highest BCUT2D eigenvalue weighted by Crippen LogP contribution is 2.17. The van der Waals surface area contributed by atoms with Crippen molar-refractivity contribution in [1.29, 1.82) is 0 Å². The molecule has 1 aromatic rings. The molecule has 18 heavy (non-hydrogen) atoms. The molecule has 4 nitrogen and oxygen atoms in total. The van der Waals surface area contributed by atoms with Crippen LogP contribution in [-0.2, 0) is 4.79 Å². The normalized spacial score (nSPS) is 9.94. The Bertz CT molecular complexity index is 432. The van der Waals surface area contributed by atoms with Gasteiger partial charge in [-0.3, -0.25) is 9.59 Å². The van der Waals surface area contributed by atoms with Crippen molar-refractivity contribution in [2.45, 2.75) is 12.8 Å². The maximum atomic E-state index is 13.4. The summed E-state index contributed by atoms with van der Waals surface area (Å²) in [6, 6.07) is 4.01. The molecule has 5 heteroatoms. The number of halogens is 1. The molecule has 0 bridgehead atoms. The van der Waals surface area contributed by atoms with Crippen LogP contribution in [0.25, 0.3) is 0 Å². The zero-order chi connectivity index (χ0) is 13.5. The number of amides is 1. The van der Waals surface area contributed by atoms with E-state index in [1.165, 1.54) is 17.0 Å². The van der Waals surface area contributed by atoms with E-state index in [1.807, 2.05) is 0 Å². The summed E-state index contributed by atoms with van der Waals surface area (Å²) in [5.74, 6) is -0.466. The highest BCUT2D eigenvalue weighted by molar-refractivity contribution is 5.75. The third-order valence-electron chi connectivity index (χ3n) is 2.38. The molecule has 0 saturated heterocycles. The lowest BCUT2D eigenvalue weighted by Crippen LogP contribution is -2.21. The molecule has 0 radical (unpaired) electrons. The number of carbonyl (C=O) groups excluding carboxylic acids is 2. The predicted molar refractivity (Wildman–Crippen MR) is 65.2 cm³/mol. The Morgan fingerprint density at radius 3 is 2.72 bits per heavy atom. The van der Waals surface area contributed by atoms with Crippen molar-refractivity contribution in [3.8, 4) is 5.75 Å². The van der Waals surface area contributed by atoms with Crippen LogP contribution in [0.2, 0.25) is 0 Å². The van der Waals surface area contributed by atoms with E-state index in [0.717, 1.165) is 6.07 Å². The van der Waals surface area contributed by atoms with Gasteiger partial charge in [-0.15, -0.1) is 0 Å². The first-order valence-electron chi connectivity index (χ1n) is 5.62. The summed E-state index contributed by atoms with van der Waals surface area (Å²) in [5.41, 5.74) is 0.266. The van der Waals surface area contributed by atoms with Crippen molar-refractivity contribution < 1.29 is 18.7 Å². The molecule has 0 fully saturated rings. The third kappa shape index (κ3) is 4.16. The van der Waals surface area contributed by atoms with Gasteiger partial charge in [0.15, 0.2) is 11.6 Å². The van der Waals surface area contributed by atoms with E-state index >= 15 is 0 Å². The number of aldehydes is 1. The van der Waals surface area contributed by atoms with Crippen LogP contribution >= 0.6 is 0 Å². The third-order valence-corrected chi connectivity index (χ3v) is 2.38. The molecular formula is C13H16FNO3. The van der Waals surface area contributed by atoms with Crippen molar-refractivity contribution in [1.82, 2.24) is 4.90 Å². The minimum absolute atomic E-state index is 0.00961. The molecule has 0 spiro atoms. The maximum Gasteiger partial charge on any atom is 0.222 e. The van der Waals surface area contributed by atoms with Crippen LogP contribution < -0.4 is 4.74 Å². The Morgan fingerprint density at radius 2 is 2.17 bits per heavy atom. The van der Waals surface area contributed by atoms with Gasteiger partial charge in [0.25, 0.3) is 0 Å². The fourth-order valence-electron chi connectivity index (χ4n) is 1.34. The summed E-state index contributed by atoms with van der Waals surface area (Å²) in [6.07, 6.45) is 1.45. The highest BCUT2D eigenvalue weighted by Gasteiger charge is 2.06. The predicted octanol–water partition coefficient (Wildman–Crippen LogP) is 1.89. The van der Waals surface area contributed by atoms with E-state index in [9.17, 15) is 14.0 Å². The molecule has 0 aliphatic rings. The molecule has 0 heterocycles. The number of nitrogens with zero attached hydrogens (tertiary/aromatic N) is 1. The second-order valence-electron chi connectivity index (χ2n) is 4.05. The van der Waals surface area contributed by atoms with Crippen molar-refractivity contribution >= 4 is 12.2 Å². The van der Waals surface area contributed by atoms with E-state index in [-0.39, 0.29) is 23.8 Å². The van der Waals surface area contributed by atoms with Gasteiger partial charge in [-0.25, -0.2) is 4.39 Å². The lowest BCUT2D eigenvalue weighted by atomic mass is 10.2. The van der Waals surface area contributed by atoms with Crippen molar-refractivity contribution in [2.75, 3.05) is 20.7 Å². The van der Waals surface area contributed by atoms with Crippen LogP contribution in [0.5, 0.6) is 5.75 Å². The number of hydrogen-bond acceptors (Lipinski definition) is 3. The first-order chi connectivity index (χ1) is 8.54. The standard InChI is InChI=1S/C13H16FNO3/c1-15(2)13(17)4-3-7-18-12-6-5-10(9-16)8-11(12)14/h5-6,8-9H,3-4,7H2,1-2H3.